The second-order valence-electron chi connectivity index (χ2n) is 10.6. The first-order valence-corrected chi connectivity index (χ1v) is 14.9. The molecule has 1 unspecified atom stereocenters. The minimum Gasteiger partial charge on any atom is -0.466 e. The fourth-order valence-electron chi connectivity index (χ4n) is 4.69. The lowest BCUT2D eigenvalue weighted by molar-refractivity contribution is -0.152. The Kier molecular flexibility index (Phi) is 9.08. The highest BCUT2D eigenvalue weighted by molar-refractivity contribution is 7.88. The summed E-state index contributed by atoms with van der Waals surface area (Å²) < 4.78 is 60.5. The summed E-state index contributed by atoms with van der Waals surface area (Å²) in [5.74, 6) is -1.20. The van der Waals surface area contributed by atoms with Crippen LogP contribution in [0.1, 0.15) is 55.8 Å². The van der Waals surface area contributed by atoms with Crippen molar-refractivity contribution in [3.05, 3.63) is 47.2 Å². The van der Waals surface area contributed by atoms with Crippen LogP contribution in [0.15, 0.2) is 34.8 Å². The third-order valence-electron chi connectivity index (χ3n) is 6.78. The summed E-state index contributed by atoms with van der Waals surface area (Å²) in [6.07, 6.45) is 5.88. The number of aliphatic hydroxyl groups excluding tert-OH is 1. The standard InChI is InChI=1S/C28H37NO10S/c1-16-10-11-21(30)26-22(38-28(3,4)39-26)9-7-8-19-20-12-18(14-29-40(6,32)33)37-23(20)13-24(35-15-34-5)25(19)27(31)36-17(16)2/h7-8,10-13,16-17,21-22,26,29-30H,9,14-15H2,1-6H3/b8-7?,11-10-/t16-,17+,21?,22+,26-/m1/s1. The number of fused-ring (bicyclic) bond motifs is 4. The van der Waals surface area contributed by atoms with Gasteiger partial charge in [-0.1, -0.05) is 31.2 Å². The zero-order valence-electron chi connectivity index (χ0n) is 23.5. The van der Waals surface area contributed by atoms with E-state index < -0.39 is 46.2 Å². The molecule has 0 spiro atoms. The Morgan fingerprint density at radius 3 is 2.62 bits per heavy atom. The van der Waals surface area contributed by atoms with Crippen molar-refractivity contribution in [2.45, 2.75) is 70.9 Å². The molecule has 4 rings (SSSR count). The molecule has 1 fully saturated rings. The first-order valence-electron chi connectivity index (χ1n) is 13.0. The van der Waals surface area contributed by atoms with Crippen LogP contribution in [-0.4, -0.2) is 69.9 Å². The van der Waals surface area contributed by atoms with Crippen molar-refractivity contribution >= 4 is 33.0 Å². The lowest BCUT2D eigenvalue weighted by atomic mass is 9.97. The van der Waals surface area contributed by atoms with Crippen molar-refractivity contribution in [2.75, 3.05) is 20.2 Å². The molecule has 2 aliphatic heterocycles. The van der Waals surface area contributed by atoms with Crippen molar-refractivity contribution in [3.63, 3.8) is 0 Å². The lowest BCUT2D eigenvalue weighted by Crippen LogP contribution is -2.34. The number of carbonyl (C=O) groups excluding carboxylic acids is 1. The molecule has 0 amide bonds. The number of methoxy groups -OCH3 is 1. The van der Waals surface area contributed by atoms with Crippen molar-refractivity contribution in [3.8, 4) is 5.75 Å². The van der Waals surface area contributed by atoms with Gasteiger partial charge in [0.2, 0.25) is 10.0 Å². The number of benzene rings is 1. The van der Waals surface area contributed by atoms with Crippen LogP contribution in [0.5, 0.6) is 5.75 Å². The third-order valence-corrected chi connectivity index (χ3v) is 7.45. The normalized spacial score (nSPS) is 28.0. The number of aliphatic hydroxyl groups is 1. The zero-order valence-corrected chi connectivity index (χ0v) is 24.3. The predicted octanol–water partition coefficient (Wildman–Crippen LogP) is 3.50. The molecule has 12 heteroatoms. The molecule has 5 atom stereocenters. The summed E-state index contributed by atoms with van der Waals surface area (Å²) in [4.78, 5) is 13.6. The van der Waals surface area contributed by atoms with Gasteiger partial charge in [0.05, 0.1) is 18.9 Å². The molecular weight excluding hydrogens is 542 g/mol. The summed E-state index contributed by atoms with van der Waals surface area (Å²) in [6, 6.07) is 3.24. The Labute approximate surface area is 234 Å². The number of cyclic esters (lactones) is 1. The molecule has 0 bridgehead atoms. The minimum atomic E-state index is -3.46. The molecule has 0 saturated carbocycles. The molecule has 1 aromatic heterocycles. The SMILES string of the molecule is COCOc1cc2oc(CNS(C)(=O)=O)cc2c2c1C(=O)O[C@@H](C)[C@H](C)/C=C\C(O)[C@H]1OC(C)(C)O[C@H]1CC=C2. The third kappa shape index (κ3) is 7.12. The Balaban J connectivity index is 1.85. The average Bonchev–Trinajstić information content (AvgIpc) is 3.42. The van der Waals surface area contributed by atoms with E-state index in [-0.39, 0.29) is 30.6 Å². The van der Waals surface area contributed by atoms with Gasteiger partial charge in [-0.05, 0) is 33.3 Å². The Bertz CT molecular complexity index is 1390. The molecule has 40 heavy (non-hydrogen) atoms. The molecule has 0 radical (unpaired) electrons. The number of ether oxygens (including phenoxy) is 5. The van der Waals surface area contributed by atoms with E-state index in [1.165, 1.54) is 7.11 Å². The molecule has 1 saturated heterocycles. The molecular formula is C28H37NO10S. The van der Waals surface area contributed by atoms with Crippen molar-refractivity contribution in [1.82, 2.24) is 4.72 Å². The predicted molar refractivity (Wildman–Crippen MR) is 147 cm³/mol. The second kappa shape index (κ2) is 12.0. The van der Waals surface area contributed by atoms with E-state index in [2.05, 4.69) is 4.72 Å². The molecule has 3 heterocycles. The van der Waals surface area contributed by atoms with Gasteiger partial charge >= 0.3 is 5.97 Å². The maximum Gasteiger partial charge on any atom is 0.342 e. The molecule has 2 N–H and O–H groups in total. The maximum absolute atomic E-state index is 13.6. The van der Waals surface area contributed by atoms with Crippen molar-refractivity contribution in [2.24, 2.45) is 5.92 Å². The number of hydrogen-bond donors (Lipinski definition) is 2. The number of furan rings is 1. The van der Waals surface area contributed by atoms with Gasteiger partial charge in [0.25, 0.3) is 0 Å². The number of nitrogens with one attached hydrogen (secondary N) is 1. The fourth-order valence-corrected chi connectivity index (χ4v) is 5.09. The Morgan fingerprint density at radius 1 is 1.18 bits per heavy atom. The number of rotatable bonds is 6. The number of carbonyl (C=O) groups is 1. The lowest BCUT2D eigenvalue weighted by Gasteiger charge is -2.23. The summed E-state index contributed by atoms with van der Waals surface area (Å²) >= 11 is 0. The van der Waals surface area contributed by atoms with Crippen LogP contribution in [0, 0.1) is 5.92 Å². The van der Waals surface area contributed by atoms with Gasteiger partial charge in [0.1, 0.15) is 41.0 Å². The van der Waals surface area contributed by atoms with Crippen LogP contribution >= 0.6 is 0 Å². The summed E-state index contributed by atoms with van der Waals surface area (Å²) in [5.41, 5.74) is 1.02. The van der Waals surface area contributed by atoms with E-state index in [0.29, 0.717) is 28.7 Å². The molecule has 2 aromatic rings. The molecule has 11 nitrogen and oxygen atoms in total. The van der Waals surface area contributed by atoms with E-state index in [0.717, 1.165) is 6.26 Å². The monoisotopic (exact) mass is 579 g/mol. The summed E-state index contributed by atoms with van der Waals surface area (Å²) in [7, 11) is -2.00. The van der Waals surface area contributed by atoms with Gasteiger partial charge in [0.15, 0.2) is 12.6 Å². The average molecular weight is 580 g/mol. The fraction of sp³-hybridized carbons (Fsp3) is 0.536. The van der Waals surface area contributed by atoms with Gasteiger partial charge in [-0.15, -0.1) is 0 Å². The van der Waals surface area contributed by atoms with Gasteiger partial charge in [-0.2, -0.15) is 0 Å². The quantitative estimate of drug-likeness (QED) is 0.297. The molecule has 1 aromatic carbocycles. The van der Waals surface area contributed by atoms with Crippen molar-refractivity contribution in [1.29, 1.82) is 0 Å². The number of esters is 1. The van der Waals surface area contributed by atoms with E-state index >= 15 is 0 Å². The highest BCUT2D eigenvalue weighted by atomic mass is 32.2. The van der Waals surface area contributed by atoms with Crippen LogP contribution in [0.25, 0.3) is 17.0 Å². The van der Waals surface area contributed by atoms with Crippen LogP contribution in [0.3, 0.4) is 0 Å². The van der Waals surface area contributed by atoms with E-state index in [9.17, 15) is 18.3 Å². The van der Waals surface area contributed by atoms with Gasteiger partial charge in [-0.25, -0.2) is 17.9 Å². The minimum absolute atomic E-state index is 0.0759. The van der Waals surface area contributed by atoms with Crippen molar-refractivity contribution < 1.29 is 46.4 Å². The first kappa shape index (κ1) is 30.2. The van der Waals surface area contributed by atoms with Crippen LogP contribution < -0.4 is 9.46 Å². The van der Waals surface area contributed by atoms with Crippen LogP contribution in [-0.2, 0) is 35.5 Å². The zero-order chi connectivity index (χ0) is 29.2. The molecule has 2 aliphatic rings. The van der Waals surface area contributed by atoms with E-state index in [1.54, 1.807) is 51.1 Å². The Morgan fingerprint density at radius 2 is 1.93 bits per heavy atom. The van der Waals surface area contributed by atoms with E-state index in [1.807, 2.05) is 13.0 Å². The van der Waals surface area contributed by atoms with Gasteiger partial charge in [0, 0.05) is 30.0 Å². The van der Waals surface area contributed by atoms with Crippen LogP contribution in [0.4, 0.5) is 0 Å². The smallest absolute Gasteiger partial charge is 0.342 e. The highest BCUT2D eigenvalue weighted by Gasteiger charge is 2.43. The van der Waals surface area contributed by atoms with E-state index in [4.69, 9.17) is 28.1 Å². The molecule has 220 valence electrons. The second-order valence-corrected chi connectivity index (χ2v) is 12.4. The first-order chi connectivity index (χ1) is 18.8. The largest absolute Gasteiger partial charge is 0.466 e. The molecule has 0 aliphatic carbocycles. The summed E-state index contributed by atoms with van der Waals surface area (Å²) in [5, 5.41) is 11.5. The number of hydrogen-bond acceptors (Lipinski definition) is 10. The van der Waals surface area contributed by atoms with Gasteiger partial charge < -0.3 is 33.2 Å². The van der Waals surface area contributed by atoms with Gasteiger partial charge in [-0.3, -0.25) is 0 Å². The highest BCUT2D eigenvalue weighted by Crippen LogP contribution is 2.37. The van der Waals surface area contributed by atoms with Crippen LogP contribution in [0.2, 0.25) is 0 Å². The summed E-state index contributed by atoms with van der Waals surface area (Å²) in [6.45, 7) is 7.03. The Hall–Kier alpha value is -2.74. The topological polar surface area (TPSA) is 143 Å². The number of sulfonamides is 1. The maximum atomic E-state index is 13.6.